The zero-order valence-corrected chi connectivity index (χ0v) is 18.2. The molecule has 4 aliphatic rings. The third kappa shape index (κ3) is 2.34. The molecule has 6 heteroatoms. The van der Waals surface area contributed by atoms with E-state index in [0.717, 1.165) is 10.9 Å². The van der Waals surface area contributed by atoms with Gasteiger partial charge >= 0.3 is 0 Å². The Balaban J connectivity index is 1.56. The molecule has 0 atom stereocenters. The first-order valence-electron chi connectivity index (χ1n) is 11.1. The molecule has 0 aliphatic carbocycles. The van der Waals surface area contributed by atoms with Crippen LogP contribution in [0.4, 0.5) is 0 Å². The largest absolute Gasteiger partial charge is 0.560 e. The number of benzene rings is 2. The summed E-state index contributed by atoms with van der Waals surface area (Å²) in [5.41, 5.74) is 7.08. The van der Waals surface area contributed by atoms with Crippen LogP contribution in [-0.4, -0.2) is 39.5 Å². The van der Waals surface area contributed by atoms with Crippen molar-refractivity contribution in [2.75, 3.05) is 26.4 Å². The maximum Gasteiger partial charge on any atom is 0.297 e. The van der Waals surface area contributed by atoms with Crippen molar-refractivity contribution in [3.05, 3.63) is 59.7 Å². The quantitative estimate of drug-likeness (QED) is 0.635. The molecule has 4 aliphatic heterocycles. The maximum absolute atomic E-state index is 6.58. The molecule has 4 nitrogen and oxygen atoms in total. The standard InChI is InChI=1S/C24H28B2O4/c1-23(2)13-27-25(28-14-23)19-11-7-5-9-17(19)21(25)22-18-10-6-8-12-20(18)26(22)29-15-24(3,4)16-30-26/h5-12H,13-16H2,1-4H3/q-2/b22-21+. The predicted octanol–water partition coefficient (Wildman–Crippen LogP) is 3.15. The third-order valence-corrected chi connectivity index (χ3v) is 7.21. The van der Waals surface area contributed by atoms with Crippen LogP contribution in [0.1, 0.15) is 38.8 Å². The van der Waals surface area contributed by atoms with Crippen LogP contribution in [0.2, 0.25) is 0 Å². The lowest BCUT2D eigenvalue weighted by Gasteiger charge is -2.66. The fourth-order valence-corrected chi connectivity index (χ4v) is 5.66. The van der Waals surface area contributed by atoms with Crippen molar-refractivity contribution in [3.63, 3.8) is 0 Å². The molecular weight excluding hydrogens is 374 g/mol. The average Bonchev–Trinajstić information content (AvgIpc) is 2.72. The topological polar surface area (TPSA) is 36.9 Å². The van der Waals surface area contributed by atoms with E-state index in [4.69, 9.17) is 18.6 Å². The normalized spacial score (nSPS) is 28.9. The maximum atomic E-state index is 6.58. The zero-order valence-electron chi connectivity index (χ0n) is 18.2. The molecule has 0 unspecified atom stereocenters. The molecule has 2 saturated heterocycles. The molecule has 0 amide bonds. The lowest BCUT2D eigenvalue weighted by atomic mass is 9.24. The van der Waals surface area contributed by atoms with E-state index in [9.17, 15) is 0 Å². The van der Waals surface area contributed by atoms with Crippen molar-refractivity contribution in [2.45, 2.75) is 27.7 Å². The summed E-state index contributed by atoms with van der Waals surface area (Å²) >= 11 is 0. The van der Waals surface area contributed by atoms with Gasteiger partial charge in [0.25, 0.3) is 13.1 Å². The van der Waals surface area contributed by atoms with Crippen LogP contribution < -0.4 is 10.9 Å². The van der Waals surface area contributed by atoms with Crippen LogP contribution in [-0.2, 0) is 18.6 Å². The van der Waals surface area contributed by atoms with Crippen LogP contribution in [0.25, 0.3) is 10.9 Å². The molecule has 2 fully saturated rings. The van der Waals surface area contributed by atoms with Gasteiger partial charge in [-0.2, -0.15) is 10.9 Å². The van der Waals surface area contributed by atoms with E-state index in [1.165, 1.54) is 22.1 Å². The van der Waals surface area contributed by atoms with Crippen LogP contribution >= 0.6 is 0 Å². The Morgan fingerprint density at radius 3 is 1.27 bits per heavy atom. The minimum Gasteiger partial charge on any atom is -0.560 e. The minimum atomic E-state index is -1.66. The van der Waals surface area contributed by atoms with E-state index in [-0.39, 0.29) is 10.8 Å². The summed E-state index contributed by atoms with van der Waals surface area (Å²) in [7, 11) is 0. The van der Waals surface area contributed by atoms with Crippen molar-refractivity contribution in [1.82, 2.24) is 0 Å². The van der Waals surface area contributed by atoms with Crippen molar-refractivity contribution < 1.29 is 18.6 Å². The highest BCUT2D eigenvalue weighted by molar-refractivity contribution is 7.13. The number of hydrogen-bond acceptors (Lipinski definition) is 4. The first kappa shape index (κ1) is 18.9. The Labute approximate surface area is 178 Å². The van der Waals surface area contributed by atoms with Gasteiger partial charge in [0.2, 0.25) is 0 Å². The molecule has 2 spiro atoms. The van der Waals surface area contributed by atoms with Crippen LogP contribution in [0.5, 0.6) is 0 Å². The van der Waals surface area contributed by atoms with Crippen molar-refractivity contribution in [2.24, 2.45) is 10.8 Å². The van der Waals surface area contributed by atoms with E-state index in [1.54, 1.807) is 0 Å². The first-order valence-corrected chi connectivity index (χ1v) is 11.1. The van der Waals surface area contributed by atoms with Gasteiger partial charge in [-0.3, -0.25) is 0 Å². The summed E-state index contributed by atoms with van der Waals surface area (Å²) in [5.74, 6) is 0. The molecule has 6 rings (SSSR count). The highest BCUT2D eigenvalue weighted by Gasteiger charge is 2.55. The fourth-order valence-electron chi connectivity index (χ4n) is 5.66. The molecule has 0 aromatic heterocycles. The van der Waals surface area contributed by atoms with Gasteiger partial charge < -0.3 is 18.6 Å². The molecule has 2 aromatic carbocycles. The third-order valence-electron chi connectivity index (χ3n) is 7.21. The second kappa shape index (κ2) is 5.89. The Morgan fingerprint density at radius 2 is 0.900 bits per heavy atom. The SMILES string of the molecule is CC1(C)CO[B-]2(OC1)/C(=C1\c3ccccc3[B-]13OCC(C)(C)CO3)c1ccccc12. The molecular formula is C24H28B2O4-2. The molecule has 0 saturated carbocycles. The highest BCUT2D eigenvalue weighted by Crippen LogP contribution is 2.52. The molecule has 0 radical (unpaired) electrons. The van der Waals surface area contributed by atoms with Crippen LogP contribution in [0, 0.1) is 10.8 Å². The zero-order chi connectivity index (χ0) is 20.8. The van der Waals surface area contributed by atoms with Crippen LogP contribution in [0.15, 0.2) is 48.5 Å². The highest BCUT2D eigenvalue weighted by atomic mass is 16.6. The van der Waals surface area contributed by atoms with E-state index < -0.39 is 13.1 Å². The predicted molar refractivity (Wildman–Crippen MR) is 122 cm³/mol. The van der Waals surface area contributed by atoms with Gasteiger partial charge in [-0.1, -0.05) is 87.4 Å². The number of hydrogen-bond donors (Lipinski definition) is 0. The van der Waals surface area contributed by atoms with Crippen molar-refractivity contribution in [1.29, 1.82) is 0 Å². The number of rotatable bonds is 0. The summed E-state index contributed by atoms with van der Waals surface area (Å²) in [6, 6.07) is 17.0. The molecule has 0 N–H and O–H groups in total. The van der Waals surface area contributed by atoms with Gasteiger partial charge in [0.1, 0.15) is 0 Å². The second-order valence-corrected chi connectivity index (χ2v) is 11.0. The van der Waals surface area contributed by atoms with Crippen molar-refractivity contribution in [3.8, 4) is 0 Å². The lowest BCUT2D eigenvalue weighted by molar-refractivity contribution is 0.0217. The minimum absolute atomic E-state index is 0.00945. The molecule has 2 aromatic rings. The van der Waals surface area contributed by atoms with Gasteiger partial charge in [-0.05, 0) is 0 Å². The van der Waals surface area contributed by atoms with E-state index in [0.29, 0.717) is 26.4 Å². The Bertz CT molecular complexity index is 983. The fraction of sp³-hybridized carbons (Fsp3) is 0.417. The van der Waals surface area contributed by atoms with Crippen LogP contribution in [0.3, 0.4) is 0 Å². The van der Waals surface area contributed by atoms with Gasteiger partial charge in [-0.25, -0.2) is 0 Å². The summed E-state index contributed by atoms with van der Waals surface area (Å²) in [4.78, 5) is 0. The lowest BCUT2D eigenvalue weighted by Crippen LogP contribution is -2.73. The summed E-state index contributed by atoms with van der Waals surface area (Å²) < 4.78 is 26.3. The molecule has 30 heavy (non-hydrogen) atoms. The molecule has 4 heterocycles. The molecule has 0 bridgehead atoms. The first-order chi connectivity index (χ1) is 14.3. The van der Waals surface area contributed by atoms with E-state index in [1.807, 2.05) is 0 Å². The smallest absolute Gasteiger partial charge is 0.297 e. The van der Waals surface area contributed by atoms with E-state index in [2.05, 4.69) is 76.2 Å². The molecule has 156 valence electrons. The van der Waals surface area contributed by atoms with Gasteiger partial charge in [0.15, 0.2) is 0 Å². The summed E-state index contributed by atoms with van der Waals surface area (Å²) in [6.07, 6.45) is 0. The van der Waals surface area contributed by atoms with Gasteiger partial charge in [0, 0.05) is 37.3 Å². The summed E-state index contributed by atoms with van der Waals surface area (Å²) in [6.45, 7) is 8.12. The van der Waals surface area contributed by atoms with Gasteiger partial charge in [0.05, 0.1) is 0 Å². The Morgan fingerprint density at radius 1 is 0.567 bits per heavy atom. The Hall–Kier alpha value is -1.85. The number of fused-ring (bicyclic) bond motifs is 4. The second-order valence-electron chi connectivity index (χ2n) is 11.0. The Kier molecular flexibility index (Phi) is 3.71. The van der Waals surface area contributed by atoms with Gasteiger partial charge in [-0.15, -0.1) is 10.9 Å². The van der Waals surface area contributed by atoms with E-state index >= 15 is 0 Å². The van der Waals surface area contributed by atoms with Crippen molar-refractivity contribution >= 4 is 35.0 Å². The monoisotopic (exact) mass is 402 g/mol. The average molecular weight is 402 g/mol. The summed E-state index contributed by atoms with van der Waals surface area (Å²) in [5, 5.41) is 0.